The van der Waals surface area contributed by atoms with E-state index in [9.17, 15) is 0 Å². The Kier molecular flexibility index (Phi) is 2.49. The number of aromatic amines is 1. The fourth-order valence-corrected chi connectivity index (χ4v) is 2.56. The first-order valence-electron chi connectivity index (χ1n) is 4.75. The molecule has 0 saturated carbocycles. The van der Waals surface area contributed by atoms with Crippen LogP contribution in [0, 0.1) is 0 Å². The molecule has 8 heteroatoms. The lowest BCUT2D eigenvalue weighted by Gasteiger charge is -1.99. The van der Waals surface area contributed by atoms with Gasteiger partial charge in [0.1, 0.15) is 5.03 Å². The highest BCUT2D eigenvalue weighted by Gasteiger charge is 2.10. The van der Waals surface area contributed by atoms with E-state index in [-0.39, 0.29) is 5.28 Å². The van der Waals surface area contributed by atoms with Crippen molar-refractivity contribution in [3.63, 3.8) is 0 Å². The maximum absolute atomic E-state index is 5.85. The summed E-state index contributed by atoms with van der Waals surface area (Å²) in [5.74, 6) is 0. The summed E-state index contributed by atoms with van der Waals surface area (Å²) in [5.41, 5.74) is 0.636. The standard InChI is InChI=1S/C9H7ClN6S/c1-16-4-5(2-12-16)17-8-6-3-11-15-7(6)13-9(10)14-8/h2-4H,1H3,(H,11,13,14,15). The van der Waals surface area contributed by atoms with Crippen LogP contribution in [0.3, 0.4) is 0 Å². The van der Waals surface area contributed by atoms with Crippen molar-refractivity contribution >= 4 is 34.4 Å². The van der Waals surface area contributed by atoms with E-state index in [1.54, 1.807) is 17.1 Å². The number of halogens is 1. The SMILES string of the molecule is Cn1cc(Sc2nc(Cl)nc3[nH]ncc23)cn1. The second-order valence-electron chi connectivity index (χ2n) is 3.38. The van der Waals surface area contributed by atoms with Gasteiger partial charge in [0.2, 0.25) is 5.28 Å². The van der Waals surface area contributed by atoms with E-state index in [2.05, 4.69) is 25.3 Å². The third-order valence-electron chi connectivity index (χ3n) is 2.14. The Hall–Kier alpha value is -1.60. The maximum Gasteiger partial charge on any atom is 0.225 e. The molecule has 3 aromatic rings. The Morgan fingerprint density at radius 1 is 1.35 bits per heavy atom. The summed E-state index contributed by atoms with van der Waals surface area (Å²) in [6, 6.07) is 0. The molecule has 0 amide bonds. The van der Waals surface area contributed by atoms with Crippen molar-refractivity contribution < 1.29 is 0 Å². The molecule has 17 heavy (non-hydrogen) atoms. The minimum absolute atomic E-state index is 0.202. The van der Waals surface area contributed by atoms with Crippen molar-refractivity contribution in [2.75, 3.05) is 0 Å². The summed E-state index contributed by atoms with van der Waals surface area (Å²) in [6.45, 7) is 0. The van der Waals surface area contributed by atoms with Crippen LogP contribution in [0.2, 0.25) is 5.28 Å². The largest absolute Gasteiger partial charge is 0.275 e. The maximum atomic E-state index is 5.85. The van der Waals surface area contributed by atoms with Gasteiger partial charge in [-0.05, 0) is 11.6 Å². The highest BCUT2D eigenvalue weighted by Crippen LogP contribution is 2.30. The van der Waals surface area contributed by atoms with E-state index < -0.39 is 0 Å². The van der Waals surface area contributed by atoms with Crippen LogP contribution in [-0.4, -0.2) is 29.9 Å². The number of fused-ring (bicyclic) bond motifs is 1. The monoisotopic (exact) mass is 266 g/mol. The first kappa shape index (κ1) is 10.5. The molecular formula is C9H7ClN6S. The van der Waals surface area contributed by atoms with Crippen LogP contribution in [0.15, 0.2) is 28.5 Å². The summed E-state index contributed by atoms with van der Waals surface area (Å²) in [6.07, 6.45) is 5.36. The first-order valence-corrected chi connectivity index (χ1v) is 5.95. The summed E-state index contributed by atoms with van der Waals surface area (Å²) in [4.78, 5) is 9.23. The van der Waals surface area contributed by atoms with Gasteiger partial charge < -0.3 is 0 Å². The molecule has 0 saturated heterocycles. The van der Waals surface area contributed by atoms with Crippen LogP contribution < -0.4 is 0 Å². The summed E-state index contributed by atoms with van der Waals surface area (Å²) >= 11 is 7.33. The van der Waals surface area contributed by atoms with Gasteiger partial charge in [-0.2, -0.15) is 15.2 Å². The zero-order valence-electron chi connectivity index (χ0n) is 8.75. The molecule has 0 bridgehead atoms. The predicted molar refractivity (Wildman–Crippen MR) is 64.0 cm³/mol. The minimum Gasteiger partial charge on any atom is -0.275 e. The fraction of sp³-hybridized carbons (Fsp3) is 0.111. The number of nitrogens with one attached hydrogen (secondary N) is 1. The Bertz CT molecular complexity index is 675. The molecule has 3 aromatic heterocycles. The van der Waals surface area contributed by atoms with Crippen molar-refractivity contribution in [2.24, 2.45) is 7.05 Å². The van der Waals surface area contributed by atoms with E-state index in [0.29, 0.717) is 5.65 Å². The van der Waals surface area contributed by atoms with Crippen molar-refractivity contribution in [3.8, 4) is 0 Å². The Labute approximate surface area is 105 Å². The van der Waals surface area contributed by atoms with Gasteiger partial charge in [0.05, 0.1) is 22.7 Å². The van der Waals surface area contributed by atoms with Gasteiger partial charge >= 0.3 is 0 Å². The molecule has 0 aromatic carbocycles. The minimum atomic E-state index is 0.202. The van der Waals surface area contributed by atoms with Crippen LogP contribution in [0.5, 0.6) is 0 Å². The number of hydrogen-bond donors (Lipinski definition) is 1. The molecule has 0 atom stereocenters. The van der Waals surface area contributed by atoms with Crippen LogP contribution in [0.4, 0.5) is 0 Å². The molecule has 6 nitrogen and oxygen atoms in total. The topological polar surface area (TPSA) is 72.3 Å². The lowest BCUT2D eigenvalue weighted by molar-refractivity contribution is 0.766. The molecule has 0 spiro atoms. The number of aromatic nitrogens is 6. The van der Waals surface area contributed by atoms with E-state index in [1.165, 1.54) is 11.8 Å². The van der Waals surface area contributed by atoms with Crippen LogP contribution in [0.1, 0.15) is 0 Å². The van der Waals surface area contributed by atoms with Gasteiger partial charge in [-0.15, -0.1) is 0 Å². The zero-order chi connectivity index (χ0) is 11.8. The van der Waals surface area contributed by atoms with E-state index in [4.69, 9.17) is 11.6 Å². The Balaban J connectivity index is 2.07. The Morgan fingerprint density at radius 2 is 2.24 bits per heavy atom. The van der Waals surface area contributed by atoms with Crippen molar-refractivity contribution in [1.82, 2.24) is 29.9 Å². The van der Waals surface area contributed by atoms with Gasteiger partial charge in [0, 0.05) is 13.2 Å². The normalized spacial score (nSPS) is 11.2. The molecule has 0 aliphatic heterocycles. The lowest BCUT2D eigenvalue weighted by atomic mass is 10.4. The summed E-state index contributed by atoms with van der Waals surface area (Å²) in [7, 11) is 1.87. The van der Waals surface area contributed by atoms with E-state index in [0.717, 1.165) is 15.3 Å². The van der Waals surface area contributed by atoms with Crippen LogP contribution in [0.25, 0.3) is 11.0 Å². The number of H-pyrrole nitrogens is 1. The second-order valence-corrected chi connectivity index (χ2v) is 4.78. The van der Waals surface area contributed by atoms with E-state index in [1.807, 2.05) is 13.2 Å². The number of aryl methyl sites for hydroxylation is 1. The first-order chi connectivity index (χ1) is 8.22. The van der Waals surface area contributed by atoms with Gasteiger partial charge in [0.15, 0.2) is 5.65 Å². The smallest absolute Gasteiger partial charge is 0.225 e. The molecule has 3 heterocycles. The second kappa shape index (κ2) is 4.01. The van der Waals surface area contributed by atoms with Gasteiger partial charge in [-0.3, -0.25) is 9.78 Å². The van der Waals surface area contributed by atoms with Gasteiger partial charge in [-0.1, -0.05) is 11.8 Å². The van der Waals surface area contributed by atoms with Crippen molar-refractivity contribution in [1.29, 1.82) is 0 Å². The highest BCUT2D eigenvalue weighted by atomic mass is 35.5. The quantitative estimate of drug-likeness (QED) is 0.566. The molecule has 0 aliphatic rings. The van der Waals surface area contributed by atoms with Crippen molar-refractivity contribution in [2.45, 2.75) is 9.92 Å². The third-order valence-corrected chi connectivity index (χ3v) is 3.26. The molecule has 86 valence electrons. The molecule has 0 unspecified atom stereocenters. The van der Waals surface area contributed by atoms with Gasteiger partial charge in [-0.25, -0.2) is 4.98 Å². The molecule has 3 rings (SSSR count). The van der Waals surface area contributed by atoms with E-state index >= 15 is 0 Å². The number of rotatable bonds is 2. The average molecular weight is 267 g/mol. The van der Waals surface area contributed by atoms with Crippen LogP contribution in [-0.2, 0) is 7.05 Å². The third kappa shape index (κ3) is 1.98. The summed E-state index contributed by atoms with van der Waals surface area (Å²) in [5, 5.41) is 12.6. The van der Waals surface area contributed by atoms with Crippen molar-refractivity contribution in [3.05, 3.63) is 23.9 Å². The molecule has 1 N–H and O–H groups in total. The van der Waals surface area contributed by atoms with Crippen LogP contribution >= 0.6 is 23.4 Å². The van der Waals surface area contributed by atoms with Gasteiger partial charge in [0.25, 0.3) is 0 Å². The molecule has 0 fully saturated rings. The Morgan fingerprint density at radius 3 is 3.00 bits per heavy atom. The average Bonchev–Trinajstić information content (AvgIpc) is 2.87. The molecule has 0 aliphatic carbocycles. The fourth-order valence-electron chi connectivity index (χ4n) is 1.42. The number of hydrogen-bond acceptors (Lipinski definition) is 5. The predicted octanol–water partition coefficient (Wildman–Crippen LogP) is 1.89. The molecule has 0 radical (unpaired) electrons. The highest BCUT2D eigenvalue weighted by molar-refractivity contribution is 7.99. The zero-order valence-corrected chi connectivity index (χ0v) is 10.3. The summed E-state index contributed by atoms with van der Waals surface area (Å²) < 4.78 is 1.73. The molecular weight excluding hydrogens is 260 g/mol. The lowest BCUT2D eigenvalue weighted by Crippen LogP contribution is -1.87. The number of nitrogens with zero attached hydrogens (tertiary/aromatic N) is 5.